The van der Waals surface area contributed by atoms with Gasteiger partial charge < -0.3 is 9.88 Å². The molecule has 0 saturated heterocycles. The number of carbonyl (C=O) groups excluding carboxylic acids is 1. The van der Waals surface area contributed by atoms with Gasteiger partial charge in [0.05, 0.1) is 5.56 Å². The number of fused-ring (bicyclic) bond motifs is 1. The van der Waals surface area contributed by atoms with E-state index in [4.69, 9.17) is 0 Å². The van der Waals surface area contributed by atoms with Crippen LogP contribution in [0.4, 0.5) is 5.82 Å². The molecule has 3 rings (SSSR count). The fourth-order valence-corrected chi connectivity index (χ4v) is 2.71. The van der Waals surface area contributed by atoms with E-state index in [9.17, 15) is 4.79 Å². The first kappa shape index (κ1) is 11.3. The third kappa shape index (κ3) is 1.62. The fourth-order valence-electron chi connectivity index (χ4n) is 2.71. The summed E-state index contributed by atoms with van der Waals surface area (Å²) in [5, 5.41) is 1.03. The van der Waals surface area contributed by atoms with Gasteiger partial charge >= 0.3 is 0 Å². The van der Waals surface area contributed by atoms with Crippen LogP contribution in [0, 0.1) is 0 Å². The Morgan fingerprint density at radius 2 is 2.06 bits per heavy atom. The molecule has 1 aliphatic rings. The first-order valence-electron chi connectivity index (χ1n) is 6.53. The highest BCUT2D eigenvalue weighted by molar-refractivity contribution is 6.11. The molecule has 1 N–H and O–H groups in total. The van der Waals surface area contributed by atoms with Gasteiger partial charge in [-0.2, -0.15) is 0 Å². The van der Waals surface area contributed by atoms with Gasteiger partial charge in [-0.1, -0.05) is 18.2 Å². The largest absolute Gasteiger partial charge is 0.358 e. The number of hydrogen-bond donors (Lipinski definition) is 1. The predicted octanol–water partition coefficient (Wildman–Crippen LogP) is 3.36. The lowest BCUT2D eigenvalue weighted by Gasteiger charge is -2.36. The van der Waals surface area contributed by atoms with Gasteiger partial charge in [0.1, 0.15) is 5.82 Å². The molecule has 1 aliphatic carbocycles. The minimum atomic E-state index is 0.133. The Labute approximate surface area is 107 Å². The summed E-state index contributed by atoms with van der Waals surface area (Å²) in [5.74, 6) is 1.11. The van der Waals surface area contributed by atoms with Gasteiger partial charge in [-0.25, -0.2) is 0 Å². The topological polar surface area (TPSA) is 36.1 Å². The number of ketones is 1. The van der Waals surface area contributed by atoms with Crippen LogP contribution in [0.3, 0.4) is 0 Å². The number of nitrogens with one attached hydrogen (secondary N) is 1. The third-order valence-corrected chi connectivity index (χ3v) is 4.01. The Bertz CT molecular complexity index is 596. The lowest BCUT2D eigenvalue weighted by Crippen LogP contribution is -2.38. The zero-order valence-electron chi connectivity index (χ0n) is 10.9. The minimum absolute atomic E-state index is 0.133. The number of aromatic amines is 1. The van der Waals surface area contributed by atoms with E-state index >= 15 is 0 Å². The lowest BCUT2D eigenvalue weighted by molar-refractivity contribution is 0.101. The van der Waals surface area contributed by atoms with E-state index in [0.717, 1.165) is 22.3 Å². The molecule has 2 aromatic rings. The van der Waals surface area contributed by atoms with Crippen LogP contribution < -0.4 is 4.90 Å². The number of carbonyl (C=O) groups is 1. The zero-order valence-corrected chi connectivity index (χ0v) is 10.9. The Morgan fingerprint density at radius 1 is 1.33 bits per heavy atom. The second-order valence-electron chi connectivity index (χ2n) is 5.15. The molecule has 3 nitrogen and oxygen atoms in total. The molecule has 3 heteroatoms. The van der Waals surface area contributed by atoms with Crippen molar-refractivity contribution in [3.8, 4) is 0 Å². The third-order valence-electron chi connectivity index (χ3n) is 4.01. The Balaban J connectivity index is 2.14. The number of hydrogen-bond acceptors (Lipinski definition) is 2. The molecule has 1 aromatic carbocycles. The number of benzene rings is 1. The van der Waals surface area contributed by atoms with Crippen LogP contribution in [0.25, 0.3) is 10.9 Å². The maximum absolute atomic E-state index is 11.9. The minimum Gasteiger partial charge on any atom is -0.358 e. The molecular weight excluding hydrogens is 224 g/mol. The summed E-state index contributed by atoms with van der Waals surface area (Å²) in [4.78, 5) is 17.6. The first-order valence-corrected chi connectivity index (χ1v) is 6.53. The SMILES string of the molecule is CC(=O)c1c(N(C)C2CCC2)[nH]c2ccccc12. The van der Waals surface area contributed by atoms with Gasteiger partial charge in [-0.3, -0.25) is 4.79 Å². The highest BCUT2D eigenvalue weighted by Gasteiger charge is 2.26. The summed E-state index contributed by atoms with van der Waals surface area (Å²) < 4.78 is 0. The van der Waals surface area contributed by atoms with Crippen LogP contribution in [-0.4, -0.2) is 23.9 Å². The van der Waals surface area contributed by atoms with Crippen molar-refractivity contribution in [2.45, 2.75) is 32.2 Å². The summed E-state index contributed by atoms with van der Waals surface area (Å²) in [5.41, 5.74) is 1.88. The van der Waals surface area contributed by atoms with Crippen molar-refractivity contribution >= 4 is 22.5 Å². The number of anilines is 1. The van der Waals surface area contributed by atoms with Crippen LogP contribution in [-0.2, 0) is 0 Å². The average molecular weight is 242 g/mol. The molecule has 0 spiro atoms. The number of para-hydroxylation sites is 1. The highest BCUT2D eigenvalue weighted by atomic mass is 16.1. The lowest BCUT2D eigenvalue weighted by atomic mass is 9.91. The van der Waals surface area contributed by atoms with Gasteiger partial charge in [0, 0.05) is 24.0 Å². The summed E-state index contributed by atoms with van der Waals surface area (Å²) in [7, 11) is 2.08. The van der Waals surface area contributed by atoms with Crippen molar-refractivity contribution < 1.29 is 4.79 Å². The predicted molar refractivity (Wildman–Crippen MR) is 74.3 cm³/mol. The van der Waals surface area contributed by atoms with Crippen LogP contribution in [0.1, 0.15) is 36.5 Å². The van der Waals surface area contributed by atoms with Crippen molar-refractivity contribution in [2.24, 2.45) is 0 Å². The Kier molecular flexibility index (Phi) is 2.62. The van der Waals surface area contributed by atoms with E-state index < -0.39 is 0 Å². The number of rotatable bonds is 3. The standard InChI is InChI=1S/C15H18N2O/c1-10(18)14-12-8-3-4-9-13(12)16-15(14)17(2)11-6-5-7-11/h3-4,8-9,11,16H,5-7H2,1-2H3. The molecule has 1 heterocycles. The maximum atomic E-state index is 11.9. The van der Waals surface area contributed by atoms with Gasteiger partial charge in [-0.05, 0) is 32.3 Å². The van der Waals surface area contributed by atoms with E-state index in [-0.39, 0.29) is 5.78 Å². The molecule has 0 aliphatic heterocycles. The first-order chi connectivity index (χ1) is 8.68. The second-order valence-corrected chi connectivity index (χ2v) is 5.15. The molecule has 0 bridgehead atoms. The second kappa shape index (κ2) is 4.16. The molecule has 0 atom stereocenters. The molecule has 1 aromatic heterocycles. The molecule has 0 amide bonds. The highest BCUT2D eigenvalue weighted by Crippen LogP contribution is 2.34. The van der Waals surface area contributed by atoms with Crippen molar-refractivity contribution in [1.29, 1.82) is 0 Å². The van der Waals surface area contributed by atoms with E-state index in [1.165, 1.54) is 19.3 Å². The Morgan fingerprint density at radius 3 is 2.67 bits per heavy atom. The van der Waals surface area contributed by atoms with Crippen LogP contribution >= 0.6 is 0 Å². The average Bonchev–Trinajstić information content (AvgIpc) is 2.65. The van der Waals surface area contributed by atoms with Crippen LogP contribution in [0.15, 0.2) is 24.3 Å². The van der Waals surface area contributed by atoms with E-state index in [1.807, 2.05) is 24.3 Å². The molecule has 18 heavy (non-hydrogen) atoms. The van der Waals surface area contributed by atoms with Gasteiger partial charge in [0.25, 0.3) is 0 Å². The molecular formula is C15H18N2O. The van der Waals surface area contributed by atoms with Crippen molar-refractivity contribution in [2.75, 3.05) is 11.9 Å². The number of Topliss-reactive ketones (excluding diaryl/α,β-unsaturated/α-hetero) is 1. The molecule has 1 saturated carbocycles. The van der Waals surface area contributed by atoms with E-state index in [0.29, 0.717) is 6.04 Å². The monoisotopic (exact) mass is 242 g/mol. The quantitative estimate of drug-likeness (QED) is 0.838. The van der Waals surface area contributed by atoms with Crippen molar-refractivity contribution in [1.82, 2.24) is 4.98 Å². The normalized spacial score (nSPS) is 15.7. The Hall–Kier alpha value is -1.77. The summed E-state index contributed by atoms with van der Waals surface area (Å²) in [6, 6.07) is 8.60. The molecule has 0 unspecified atom stereocenters. The summed E-state index contributed by atoms with van der Waals surface area (Å²) >= 11 is 0. The molecule has 94 valence electrons. The molecule has 0 radical (unpaired) electrons. The van der Waals surface area contributed by atoms with Gasteiger partial charge in [0.2, 0.25) is 0 Å². The summed E-state index contributed by atoms with van der Waals surface area (Å²) in [6.07, 6.45) is 3.75. The molecule has 1 fully saturated rings. The maximum Gasteiger partial charge on any atom is 0.164 e. The number of aromatic nitrogens is 1. The van der Waals surface area contributed by atoms with E-state index in [2.05, 4.69) is 16.9 Å². The van der Waals surface area contributed by atoms with Crippen molar-refractivity contribution in [3.05, 3.63) is 29.8 Å². The summed E-state index contributed by atoms with van der Waals surface area (Å²) in [6.45, 7) is 1.65. The zero-order chi connectivity index (χ0) is 12.7. The van der Waals surface area contributed by atoms with Crippen LogP contribution in [0.5, 0.6) is 0 Å². The van der Waals surface area contributed by atoms with Gasteiger partial charge in [-0.15, -0.1) is 0 Å². The van der Waals surface area contributed by atoms with E-state index in [1.54, 1.807) is 6.92 Å². The van der Waals surface area contributed by atoms with Gasteiger partial charge in [0.15, 0.2) is 5.78 Å². The smallest absolute Gasteiger partial charge is 0.164 e. The number of nitrogens with zero attached hydrogens (tertiary/aromatic N) is 1. The number of H-pyrrole nitrogens is 1. The van der Waals surface area contributed by atoms with Crippen LogP contribution in [0.2, 0.25) is 0 Å². The fraction of sp³-hybridized carbons (Fsp3) is 0.400. The van der Waals surface area contributed by atoms with Crippen molar-refractivity contribution in [3.63, 3.8) is 0 Å².